The Morgan fingerprint density at radius 3 is 2.00 bits per heavy atom. The van der Waals surface area contributed by atoms with Gasteiger partial charge in [-0.25, -0.2) is 0 Å². The highest BCUT2D eigenvalue weighted by molar-refractivity contribution is 6.03. The smallest absolute Gasteiger partial charge is 0.406 e. The summed E-state index contributed by atoms with van der Waals surface area (Å²) in [6.45, 7) is 0. The van der Waals surface area contributed by atoms with E-state index in [2.05, 4.69) is 10.1 Å². The number of nitrogens with one attached hydrogen (secondary N) is 3. The van der Waals surface area contributed by atoms with Gasteiger partial charge in [0.2, 0.25) is 5.96 Å². The largest absolute Gasteiger partial charge is 0.573 e. The van der Waals surface area contributed by atoms with Crippen molar-refractivity contribution in [2.75, 3.05) is 26.0 Å². The van der Waals surface area contributed by atoms with E-state index in [0.29, 0.717) is 5.69 Å². The van der Waals surface area contributed by atoms with Gasteiger partial charge in [-0.3, -0.25) is 16.1 Å². The first kappa shape index (κ1) is 16.6. The topological polar surface area (TPSA) is 75.4 Å². The number of nitrogens with zero attached hydrogens (tertiary/aromatic N) is 2. The fourth-order valence-electron chi connectivity index (χ4n) is 1.31. The summed E-state index contributed by atoms with van der Waals surface area (Å²) in [4.78, 5) is 2.86. The van der Waals surface area contributed by atoms with E-state index in [1.54, 1.807) is 21.1 Å². The van der Waals surface area contributed by atoms with E-state index in [1.807, 2.05) is 0 Å². The summed E-state index contributed by atoms with van der Waals surface area (Å²) < 4.78 is 39.9. The first-order valence-corrected chi connectivity index (χ1v) is 5.81. The first-order valence-electron chi connectivity index (χ1n) is 5.81. The van der Waals surface area contributed by atoms with Crippen LogP contribution in [0.1, 0.15) is 0 Å². The summed E-state index contributed by atoms with van der Waals surface area (Å²) in [5.74, 6) is -0.401. The molecule has 0 aliphatic heterocycles. The van der Waals surface area contributed by atoms with E-state index < -0.39 is 6.36 Å². The molecule has 0 amide bonds. The minimum absolute atomic E-state index is 0.0175. The van der Waals surface area contributed by atoms with Crippen LogP contribution in [0, 0.1) is 10.8 Å². The molecule has 0 aliphatic rings. The molecular formula is C12H16F3N5O. The lowest BCUT2D eigenvalue weighted by Crippen LogP contribution is -2.46. The molecule has 9 heteroatoms. The summed E-state index contributed by atoms with van der Waals surface area (Å²) in [6.07, 6.45) is -4.73. The third-order valence-electron chi connectivity index (χ3n) is 2.48. The zero-order chi connectivity index (χ0) is 16.2. The predicted octanol–water partition coefficient (Wildman–Crippen LogP) is 2.04. The minimum Gasteiger partial charge on any atom is -0.406 e. The third kappa shape index (κ3) is 5.21. The zero-order valence-corrected chi connectivity index (χ0v) is 11.7. The van der Waals surface area contributed by atoms with Gasteiger partial charge >= 0.3 is 6.36 Å². The minimum atomic E-state index is -4.73. The van der Waals surface area contributed by atoms with Gasteiger partial charge in [0.1, 0.15) is 5.75 Å². The normalized spacial score (nSPS) is 10.8. The summed E-state index contributed by atoms with van der Waals surface area (Å²) in [6, 6.07) is 5.08. The SMILES string of the molecule is CN(C)C(=N)NC(=N)N(C)c1ccc(OC(F)(F)F)cc1. The molecule has 0 aromatic heterocycles. The standard InChI is InChI=1S/C12H16F3N5O/c1-19(2)10(16)18-11(17)20(3)8-4-6-9(7-5-8)21-12(13,14)15/h4-7H,1-3H3,(H3,16,17,18). The van der Waals surface area contributed by atoms with Gasteiger partial charge in [-0.05, 0) is 24.3 Å². The third-order valence-corrected chi connectivity index (χ3v) is 2.48. The van der Waals surface area contributed by atoms with Crippen molar-refractivity contribution in [1.82, 2.24) is 10.2 Å². The Hall–Kier alpha value is -2.45. The maximum Gasteiger partial charge on any atom is 0.573 e. The fourth-order valence-corrected chi connectivity index (χ4v) is 1.31. The average molecular weight is 303 g/mol. The van der Waals surface area contributed by atoms with Gasteiger partial charge in [0.25, 0.3) is 0 Å². The molecular weight excluding hydrogens is 287 g/mol. The van der Waals surface area contributed by atoms with Crippen molar-refractivity contribution in [3.05, 3.63) is 24.3 Å². The maximum atomic E-state index is 12.0. The van der Waals surface area contributed by atoms with E-state index in [4.69, 9.17) is 10.8 Å². The van der Waals surface area contributed by atoms with E-state index in [-0.39, 0.29) is 17.7 Å². The van der Waals surface area contributed by atoms with Crippen LogP contribution in [0.4, 0.5) is 18.9 Å². The molecule has 116 valence electrons. The first-order chi connectivity index (χ1) is 9.60. The van der Waals surface area contributed by atoms with Gasteiger partial charge in [0.05, 0.1) is 0 Å². The van der Waals surface area contributed by atoms with Crippen molar-refractivity contribution in [3.63, 3.8) is 0 Å². The van der Waals surface area contributed by atoms with Gasteiger partial charge < -0.3 is 14.5 Å². The highest BCUT2D eigenvalue weighted by Crippen LogP contribution is 2.24. The number of ether oxygens (including phenoxy) is 1. The van der Waals surface area contributed by atoms with Crippen LogP contribution in [0.3, 0.4) is 0 Å². The van der Waals surface area contributed by atoms with Gasteiger partial charge in [0, 0.05) is 26.8 Å². The average Bonchev–Trinajstić information content (AvgIpc) is 2.36. The van der Waals surface area contributed by atoms with Crippen LogP contribution in [0.15, 0.2) is 24.3 Å². The molecule has 0 aliphatic carbocycles. The number of guanidine groups is 2. The number of hydrogen-bond acceptors (Lipinski definition) is 3. The van der Waals surface area contributed by atoms with Crippen LogP contribution >= 0.6 is 0 Å². The molecule has 21 heavy (non-hydrogen) atoms. The molecule has 1 rings (SSSR count). The molecule has 6 nitrogen and oxygen atoms in total. The van der Waals surface area contributed by atoms with Gasteiger partial charge in [0.15, 0.2) is 5.96 Å². The number of hydrogen-bond donors (Lipinski definition) is 3. The van der Waals surface area contributed by atoms with Gasteiger partial charge in [-0.1, -0.05) is 0 Å². The second-order valence-electron chi connectivity index (χ2n) is 4.32. The predicted molar refractivity (Wildman–Crippen MR) is 73.8 cm³/mol. The van der Waals surface area contributed by atoms with Gasteiger partial charge in [-0.15, -0.1) is 13.2 Å². The lowest BCUT2D eigenvalue weighted by Gasteiger charge is -2.23. The second-order valence-corrected chi connectivity index (χ2v) is 4.32. The molecule has 0 bridgehead atoms. The Balaban J connectivity index is 2.73. The molecule has 0 unspecified atom stereocenters. The van der Waals surface area contributed by atoms with E-state index in [9.17, 15) is 13.2 Å². The molecule has 0 atom stereocenters. The highest BCUT2D eigenvalue weighted by Gasteiger charge is 2.31. The lowest BCUT2D eigenvalue weighted by atomic mass is 10.3. The summed E-state index contributed by atoms with van der Waals surface area (Å²) >= 11 is 0. The molecule has 1 aromatic rings. The highest BCUT2D eigenvalue weighted by atomic mass is 19.4. The van der Waals surface area contributed by atoms with Crippen molar-refractivity contribution >= 4 is 17.6 Å². The zero-order valence-electron chi connectivity index (χ0n) is 11.7. The van der Waals surface area contributed by atoms with E-state index in [1.165, 1.54) is 21.9 Å². The van der Waals surface area contributed by atoms with Crippen molar-refractivity contribution in [1.29, 1.82) is 10.8 Å². The lowest BCUT2D eigenvalue weighted by molar-refractivity contribution is -0.274. The number of rotatable bonds is 2. The van der Waals surface area contributed by atoms with Gasteiger partial charge in [-0.2, -0.15) is 0 Å². The number of alkyl halides is 3. The molecule has 0 saturated carbocycles. The molecule has 0 saturated heterocycles. The van der Waals surface area contributed by atoms with E-state index in [0.717, 1.165) is 12.1 Å². The molecule has 1 aromatic carbocycles. The molecule has 3 N–H and O–H groups in total. The maximum absolute atomic E-state index is 12.0. The van der Waals surface area contributed by atoms with Crippen LogP contribution in [-0.4, -0.2) is 44.3 Å². The van der Waals surface area contributed by atoms with Crippen LogP contribution in [0.5, 0.6) is 5.75 Å². The quantitative estimate of drug-likeness (QED) is 0.577. The van der Waals surface area contributed by atoms with Crippen LogP contribution in [0.25, 0.3) is 0 Å². The van der Waals surface area contributed by atoms with Crippen molar-refractivity contribution in [2.45, 2.75) is 6.36 Å². The summed E-state index contributed by atoms with van der Waals surface area (Å²) in [5.41, 5.74) is 0.480. The Morgan fingerprint density at radius 2 is 1.57 bits per heavy atom. The second kappa shape index (κ2) is 6.33. The van der Waals surface area contributed by atoms with Crippen molar-refractivity contribution < 1.29 is 17.9 Å². The Bertz CT molecular complexity index is 513. The Kier molecular flexibility index (Phi) is 5.01. The molecule has 0 radical (unpaired) electrons. The van der Waals surface area contributed by atoms with Crippen LogP contribution in [-0.2, 0) is 0 Å². The summed E-state index contributed by atoms with van der Waals surface area (Å²) in [5, 5.41) is 17.9. The number of benzene rings is 1. The van der Waals surface area contributed by atoms with Crippen molar-refractivity contribution in [3.8, 4) is 5.75 Å². The number of halogens is 3. The van der Waals surface area contributed by atoms with Crippen molar-refractivity contribution in [2.24, 2.45) is 0 Å². The number of anilines is 1. The van der Waals surface area contributed by atoms with Crippen LogP contribution in [0.2, 0.25) is 0 Å². The Labute approximate surface area is 120 Å². The summed E-state index contributed by atoms with van der Waals surface area (Å²) in [7, 11) is 4.84. The molecule has 0 heterocycles. The van der Waals surface area contributed by atoms with Crippen LogP contribution < -0.4 is 15.0 Å². The Morgan fingerprint density at radius 1 is 1.05 bits per heavy atom. The monoisotopic (exact) mass is 303 g/mol. The molecule has 0 fully saturated rings. The fraction of sp³-hybridized carbons (Fsp3) is 0.333. The molecule has 0 spiro atoms. The van der Waals surface area contributed by atoms with E-state index >= 15 is 0 Å².